The first-order chi connectivity index (χ1) is 8.79. The van der Waals surface area contributed by atoms with Gasteiger partial charge in [-0.15, -0.1) is 0 Å². The molecule has 94 valence electrons. The number of aliphatic hydroxyl groups is 1. The number of aromatic nitrogens is 2. The third kappa shape index (κ3) is 1.83. The van der Waals surface area contributed by atoms with E-state index in [1.54, 1.807) is 0 Å². The van der Waals surface area contributed by atoms with E-state index in [0.717, 1.165) is 12.0 Å². The summed E-state index contributed by atoms with van der Waals surface area (Å²) in [5.41, 5.74) is 4.97. The van der Waals surface area contributed by atoms with Crippen molar-refractivity contribution in [1.29, 1.82) is 0 Å². The van der Waals surface area contributed by atoms with Gasteiger partial charge in [0.15, 0.2) is 0 Å². The van der Waals surface area contributed by atoms with Crippen LogP contribution in [0.1, 0.15) is 24.1 Å². The number of aliphatic hydroxyl groups excluding tert-OH is 1. The van der Waals surface area contributed by atoms with Crippen LogP contribution in [-0.2, 0) is 6.42 Å². The van der Waals surface area contributed by atoms with Crippen molar-refractivity contribution in [3.8, 4) is 11.1 Å². The molecule has 0 fully saturated rings. The van der Waals surface area contributed by atoms with Crippen LogP contribution in [-0.4, -0.2) is 28.0 Å². The van der Waals surface area contributed by atoms with E-state index in [1.165, 1.54) is 16.7 Å². The van der Waals surface area contributed by atoms with Crippen molar-refractivity contribution >= 4 is 0 Å². The van der Waals surface area contributed by atoms with Gasteiger partial charge in [-0.05, 0) is 30.0 Å². The molecule has 3 N–H and O–H groups in total. The number of hydrogen-bond donors (Lipinski definition) is 3. The summed E-state index contributed by atoms with van der Waals surface area (Å²) in [5, 5.41) is 19.7. The van der Waals surface area contributed by atoms with E-state index in [4.69, 9.17) is 0 Å². The van der Waals surface area contributed by atoms with Crippen molar-refractivity contribution in [2.75, 3.05) is 6.61 Å². The fourth-order valence-electron chi connectivity index (χ4n) is 2.77. The van der Waals surface area contributed by atoms with Crippen molar-refractivity contribution in [2.24, 2.45) is 0 Å². The fourth-order valence-corrected chi connectivity index (χ4v) is 2.77. The molecule has 0 radical (unpaired) electrons. The molecular formula is C14H17N3O. The highest BCUT2D eigenvalue weighted by atomic mass is 16.3. The number of fused-ring (bicyclic) bond motifs is 1. The average molecular weight is 243 g/mol. The van der Waals surface area contributed by atoms with Crippen LogP contribution in [0.25, 0.3) is 11.1 Å². The van der Waals surface area contributed by atoms with Gasteiger partial charge in [0.05, 0.1) is 12.8 Å². The van der Waals surface area contributed by atoms with E-state index in [0.29, 0.717) is 0 Å². The lowest BCUT2D eigenvalue weighted by Crippen LogP contribution is -2.40. The Morgan fingerprint density at radius 3 is 3.06 bits per heavy atom. The smallest absolute Gasteiger partial charge is 0.0588 e. The molecule has 1 aromatic carbocycles. The zero-order chi connectivity index (χ0) is 12.5. The van der Waals surface area contributed by atoms with Crippen LogP contribution in [0.5, 0.6) is 0 Å². The van der Waals surface area contributed by atoms with Gasteiger partial charge in [0, 0.05) is 23.8 Å². The Hall–Kier alpha value is -1.65. The van der Waals surface area contributed by atoms with Gasteiger partial charge >= 0.3 is 0 Å². The summed E-state index contributed by atoms with van der Waals surface area (Å²) >= 11 is 0. The fraction of sp³-hybridized carbons (Fsp3) is 0.357. The van der Waals surface area contributed by atoms with Gasteiger partial charge < -0.3 is 10.4 Å². The second kappa shape index (κ2) is 4.55. The molecule has 2 heterocycles. The number of aromatic amines is 1. The highest BCUT2D eigenvalue weighted by Crippen LogP contribution is 2.33. The van der Waals surface area contributed by atoms with Gasteiger partial charge in [-0.2, -0.15) is 5.10 Å². The van der Waals surface area contributed by atoms with Crippen LogP contribution < -0.4 is 5.32 Å². The lowest BCUT2D eigenvalue weighted by Gasteiger charge is -2.31. The number of nitrogens with zero attached hydrogens (tertiary/aromatic N) is 1. The van der Waals surface area contributed by atoms with Crippen molar-refractivity contribution in [3.05, 3.63) is 41.7 Å². The molecule has 1 aliphatic rings. The third-order valence-electron chi connectivity index (χ3n) is 3.64. The normalized spacial score (nSPS) is 22.8. The van der Waals surface area contributed by atoms with Crippen LogP contribution in [0.4, 0.5) is 0 Å². The van der Waals surface area contributed by atoms with E-state index < -0.39 is 0 Å². The minimum Gasteiger partial charge on any atom is -0.395 e. The Morgan fingerprint density at radius 1 is 1.44 bits per heavy atom. The molecule has 0 unspecified atom stereocenters. The zero-order valence-electron chi connectivity index (χ0n) is 10.4. The Kier molecular flexibility index (Phi) is 2.89. The summed E-state index contributed by atoms with van der Waals surface area (Å²) in [6.45, 7) is 2.31. The van der Waals surface area contributed by atoms with Gasteiger partial charge in [-0.1, -0.05) is 18.2 Å². The summed E-state index contributed by atoms with van der Waals surface area (Å²) < 4.78 is 0. The first-order valence-corrected chi connectivity index (χ1v) is 6.27. The Labute approximate surface area is 106 Å². The van der Waals surface area contributed by atoms with Crippen molar-refractivity contribution in [1.82, 2.24) is 15.5 Å². The molecule has 2 aromatic rings. The standard InChI is InChI=1S/C14H17N3O/c1-9-12-3-2-4-13(10-6-15-16-7-10)14(12)5-11(8-18)17-9/h2-4,6-7,9,11,17-18H,5,8H2,1H3,(H,15,16)/t9-,11+/m0/s1. The minimum atomic E-state index is 0.139. The molecule has 18 heavy (non-hydrogen) atoms. The second-order valence-corrected chi connectivity index (χ2v) is 4.83. The minimum absolute atomic E-state index is 0.139. The maximum absolute atomic E-state index is 9.37. The average Bonchev–Trinajstić information content (AvgIpc) is 2.91. The molecule has 1 aromatic heterocycles. The van der Waals surface area contributed by atoms with E-state index in [9.17, 15) is 5.11 Å². The monoisotopic (exact) mass is 243 g/mol. The molecule has 0 spiro atoms. The van der Waals surface area contributed by atoms with Crippen LogP contribution in [0.2, 0.25) is 0 Å². The van der Waals surface area contributed by atoms with Crippen molar-refractivity contribution in [2.45, 2.75) is 25.4 Å². The Morgan fingerprint density at radius 2 is 2.33 bits per heavy atom. The number of nitrogens with one attached hydrogen (secondary N) is 2. The predicted octanol–water partition coefficient (Wildman–Crippen LogP) is 1.64. The highest BCUT2D eigenvalue weighted by molar-refractivity contribution is 5.68. The van der Waals surface area contributed by atoms with Crippen LogP contribution in [0, 0.1) is 0 Å². The molecular weight excluding hydrogens is 226 g/mol. The molecule has 0 saturated carbocycles. The summed E-state index contributed by atoms with van der Waals surface area (Å²) in [6, 6.07) is 6.78. The SMILES string of the molecule is C[C@@H]1N[C@@H](CO)Cc2c(-c3cn[nH]c3)cccc21. The molecule has 0 bridgehead atoms. The third-order valence-corrected chi connectivity index (χ3v) is 3.64. The maximum atomic E-state index is 9.37. The van der Waals surface area contributed by atoms with E-state index in [1.807, 2.05) is 12.4 Å². The predicted molar refractivity (Wildman–Crippen MR) is 70.2 cm³/mol. The van der Waals surface area contributed by atoms with Crippen LogP contribution >= 0.6 is 0 Å². The van der Waals surface area contributed by atoms with E-state index in [2.05, 4.69) is 40.6 Å². The van der Waals surface area contributed by atoms with Crippen LogP contribution in [0.3, 0.4) is 0 Å². The summed E-state index contributed by atoms with van der Waals surface area (Å²) in [5.74, 6) is 0. The molecule has 4 nitrogen and oxygen atoms in total. The molecule has 2 atom stereocenters. The highest BCUT2D eigenvalue weighted by Gasteiger charge is 2.25. The summed E-state index contributed by atoms with van der Waals surface area (Å²) in [6.07, 6.45) is 4.62. The number of H-pyrrole nitrogens is 1. The topological polar surface area (TPSA) is 60.9 Å². The Bertz CT molecular complexity index is 536. The molecule has 1 aliphatic heterocycles. The number of benzene rings is 1. The first kappa shape index (κ1) is 11.4. The number of rotatable bonds is 2. The molecule has 0 saturated heterocycles. The molecule has 4 heteroatoms. The summed E-state index contributed by atoms with van der Waals surface area (Å²) in [7, 11) is 0. The first-order valence-electron chi connectivity index (χ1n) is 6.27. The van der Waals surface area contributed by atoms with Crippen molar-refractivity contribution in [3.63, 3.8) is 0 Å². The van der Waals surface area contributed by atoms with E-state index in [-0.39, 0.29) is 18.7 Å². The zero-order valence-corrected chi connectivity index (χ0v) is 10.4. The molecule has 3 rings (SSSR count). The van der Waals surface area contributed by atoms with Gasteiger partial charge in [0.1, 0.15) is 0 Å². The lowest BCUT2D eigenvalue weighted by atomic mass is 9.86. The van der Waals surface area contributed by atoms with Gasteiger partial charge in [0.2, 0.25) is 0 Å². The summed E-state index contributed by atoms with van der Waals surface area (Å²) in [4.78, 5) is 0. The second-order valence-electron chi connectivity index (χ2n) is 4.83. The van der Waals surface area contributed by atoms with Crippen LogP contribution in [0.15, 0.2) is 30.6 Å². The quantitative estimate of drug-likeness (QED) is 0.751. The molecule has 0 amide bonds. The number of hydrogen-bond acceptors (Lipinski definition) is 3. The van der Waals surface area contributed by atoms with Gasteiger partial charge in [0.25, 0.3) is 0 Å². The lowest BCUT2D eigenvalue weighted by molar-refractivity contribution is 0.226. The van der Waals surface area contributed by atoms with Crippen molar-refractivity contribution < 1.29 is 5.11 Å². The molecule has 0 aliphatic carbocycles. The van der Waals surface area contributed by atoms with Gasteiger partial charge in [-0.3, -0.25) is 5.10 Å². The Balaban J connectivity index is 2.10. The maximum Gasteiger partial charge on any atom is 0.0588 e. The van der Waals surface area contributed by atoms with E-state index >= 15 is 0 Å². The largest absolute Gasteiger partial charge is 0.395 e. The van der Waals surface area contributed by atoms with Gasteiger partial charge in [-0.25, -0.2) is 0 Å².